The Morgan fingerprint density at radius 2 is 1.81 bits per heavy atom. The van der Waals surface area contributed by atoms with Crippen LogP contribution in [0.2, 0.25) is 0 Å². The molecule has 3 heterocycles. The van der Waals surface area contributed by atoms with Crippen molar-refractivity contribution < 1.29 is 22.7 Å². The third-order valence-corrected chi connectivity index (χ3v) is 6.34. The van der Waals surface area contributed by atoms with Gasteiger partial charge in [-0.2, -0.15) is 13.2 Å². The Balaban J connectivity index is 1.38. The molecule has 1 aromatic carbocycles. The lowest BCUT2D eigenvalue weighted by Crippen LogP contribution is -2.61. The highest BCUT2D eigenvalue weighted by Gasteiger charge is 2.45. The summed E-state index contributed by atoms with van der Waals surface area (Å²) in [5.41, 5.74) is 0.140. The molecule has 0 bridgehead atoms. The minimum Gasteiger partial charge on any atom is -0.360 e. The zero-order valence-corrected chi connectivity index (χ0v) is 18.1. The largest absolute Gasteiger partial charge is 0.433 e. The van der Waals surface area contributed by atoms with Gasteiger partial charge in [0.2, 0.25) is 0 Å². The van der Waals surface area contributed by atoms with Gasteiger partial charge in [0.05, 0.1) is 24.4 Å². The number of morpholine rings is 1. The smallest absolute Gasteiger partial charge is 0.360 e. The molecule has 1 unspecified atom stereocenters. The summed E-state index contributed by atoms with van der Waals surface area (Å²) in [6.45, 7) is 4.84. The van der Waals surface area contributed by atoms with Crippen molar-refractivity contribution in [3.05, 3.63) is 65.5 Å². The van der Waals surface area contributed by atoms with Crippen molar-refractivity contribution in [1.82, 2.24) is 14.8 Å². The Morgan fingerprint density at radius 3 is 2.50 bits per heavy atom. The van der Waals surface area contributed by atoms with Gasteiger partial charge >= 0.3 is 6.18 Å². The fourth-order valence-corrected chi connectivity index (χ4v) is 4.59. The Hall–Kier alpha value is -2.45. The van der Waals surface area contributed by atoms with Crippen LogP contribution in [-0.2, 0) is 28.7 Å². The number of likely N-dealkylation sites (tertiary alicyclic amines) is 1. The maximum absolute atomic E-state index is 13.0. The molecule has 1 spiro atoms. The van der Waals surface area contributed by atoms with Crippen molar-refractivity contribution in [3.63, 3.8) is 0 Å². The van der Waals surface area contributed by atoms with Crippen LogP contribution in [0.4, 0.5) is 13.2 Å². The van der Waals surface area contributed by atoms with Crippen molar-refractivity contribution in [2.45, 2.75) is 50.6 Å². The Kier molecular flexibility index (Phi) is 6.53. The second-order valence-corrected chi connectivity index (χ2v) is 8.73. The first-order valence-electron chi connectivity index (χ1n) is 11.0. The SMILES string of the molecule is CC1OC2(CCN(CCc3ccccc3)CC2)CN(Cc2cccc(C(F)(F)F)n2)C1=O. The van der Waals surface area contributed by atoms with Crippen molar-refractivity contribution in [3.8, 4) is 0 Å². The van der Waals surface area contributed by atoms with E-state index in [4.69, 9.17) is 4.74 Å². The maximum atomic E-state index is 13.0. The average Bonchev–Trinajstić information content (AvgIpc) is 2.77. The van der Waals surface area contributed by atoms with E-state index < -0.39 is 23.6 Å². The number of hydrogen-bond donors (Lipinski definition) is 0. The highest BCUT2D eigenvalue weighted by molar-refractivity contribution is 5.81. The number of alkyl halides is 3. The van der Waals surface area contributed by atoms with Gasteiger partial charge in [-0.1, -0.05) is 36.4 Å². The van der Waals surface area contributed by atoms with Gasteiger partial charge in [-0.15, -0.1) is 0 Å². The van der Waals surface area contributed by atoms with E-state index in [1.165, 1.54) is 17.7 Å². The second-order valence-electron chi connectivity index (χ2n) is 8.73. The lowest BCUT2D eigenvalue weighted by atomic mass is 9.88. The van der Waals surface area contributed by atoms with Gasteiger partial charge in [-0.05, 0) is 43.9 Å². The Labute approximate surface area is 186 Å². The van der Waals surface area contributed by atoms with E-state index in [1.807, 2.05) is 18.2 Å². The number of piperidine rings is 1. The maximum Gasteiger partial charge on any atom is 0.433 e. The van der Waals surface area contributed by atoms with E-state index in [1.54, 1.807) is 11.8 Å². The first-order valence-corrected chi connectivity index (χ1v) is 11.0. The summed E-state index contributed by atoms with van der Waals surface area (Å²) < 4.78 is 45.2. The average molecular weight is 448 g/mol. The number of rotatable bonds is 5. The van der Waals surface area contributed by atoms with Gasteiger partial charge in [-0.25, -0.2) is 4.98 Å². The van der Waals surface area contributed by atoms with Gasteiger partial charge in [0, 0.05) is 19.6 Å². The van der Waals surface area contributed by atoms with E-state index >= 15 is 0 Å². The number of halogens is 3. The molecule has 0 saturated carbocycles. The molecule has 1 atom stereocenters. The van der Waals surface area contributed by atoms with Crippen LogP contribution < -0.4 is 0 Å². The van der Waals surface area contributed by atoms with Gasteiger partial charge in [0.25, 0.3) is 5.91 Å². The zero-order chi connectivity index (χ0) is 22.8. The van der Waals surface area contributed by atoms with Crippen molar-refractivity contribution in [1.29, 1.82) is 0 Å². The van der Waals surface area contributed by atoms with E-state index in [-0.39, 0.29) is 18.1 Å². The van der Waals surface area contributed by atoms with E-state index in [0.717, 1.165) is 45.0 Å². The third kappa shape index (κ3) is 5.30. The van der Waals surface area contributed by atoms with E-state index in [9.17, 15) is 18.0 Å². The summed E-state index contributed by atoms with van der Waals surface area (Å²) in [5.74, 6) is -0.207. The van der Waals surface area contributed by atoms with Crippen LogP contribution in [0.1, 0.15) is 36.7 Å². The number of hydrogen-bond acceptors (Lipinski definition) is 4. The fourth-order valence-electron chi connectivity index (χ4n) is 4.59. The molecule has 2 saturated heterocycles. The molecule has 0 N–H and O–H groups in total. The summed E-state index contributed by atoms with van der Waals surface area (Å²) >= 11 is 0. The van der Waals surface area contributed by atoms with Gasteiger partial charge in [0.15, 0.2) is 0 Å². The van der Waals surface area contributed by atoms with Gasteiger partial charge < -0.3 is 14.5 Å². The van der Waals surface area contributed by atoms with Crippen LogP contribution in [-0.4, -0.2) is 58.6 Å². The van der Waals surface area contributed by atoms with Crippen LogP contribution in [0.25, 0.3) is 0 Å². The van der Waals surface area contributed by atoms with Crippen LogP contribution in [0.5, 0.6) is 0 Å². The molecule has 8 heteroatoms. The molecule has 5 nitrogen and oxygen atoms in total. The van der Waals surface area contributed by atoms with E-state index in [2.05, 4.69) is 22.0 Å². The predicted molar refractivity (Wildman–Crippen MR) is 114 cm³/mol. The number of carbonyl (C=O) groups is 1. The summed E-state index contributed by atoms with van der Waals surface area (Å²) in [4.78, 5) is 20.4. The molecular formula is C24H28F3N3O2. The minimum absolute atomic E-state index is 0.0515. The molecule has 1 amide bonds. The molecule has 2 aliphatic heterocycles. The molecule has 2 fully saturated rings. The predicted octanol–water partition coefficient (Wildman–Crippen LogP) is 3.93. The molecule has 4 rings (SSSR count). The van der Waals surface area contributed by atoms with Crippen LogP contribution in [0.3, 0.4) is 0 Å². The third-order valence-electron chi connectivity index (χ3n) is 6.34. The number of nitrogens with zero attached hydrogens (tertiary/aromatic N) is 3. The molecule has 2 aromatic rings. The monoisotopic (exact) mass is 447 g/mol. The summed E-state index contributed by atoms with van der Waals surface area (Å²) in [5, 5.41) is 0. The normalized spacial score (nSPS) is 21.8. The summed E-state index contributed by atoms with van der Waals surface area (Å²) in [6, 6.07) is 14.2. The first-order chi connectivity index (χ1) is 15.2. The molecule has 32 heavy (non-hydrogen) atoms. The fraction of sp³-hybridized carbons (Fsp3) is 0.500. The van der Waals surface area contributed by atoms with Crippen LogP contribution in [0.15, 0.2) is 48.5 Å². The Morgan fingerprint density at radius 1 is 1.09 bits per heavy atom. The van der Waals surface area contributed by atoms with Gasteiger partial charge in [0.1, 0.15) is 11.8 Å². The molecule has 172 valence electrons. The lowest BCUT2D eigenvalue weighted by molar-refractivity contribution is -0.190. The number of carbonyl (C=O) groups excluding carboxylic acids is 1. The second kappa shape index (κ2) is 9.19. The number of ether oxygens (including phenoxy) is 1. The van der Waals surface area contributed by atoms with Crippen LogP contribution in [0, 0.1) is 0 Å². The molecule has 2 aliphatic rings. The zero-order valence-electron chi connectivity index (χ0n) is 18.1. The van der Waals surface area contributed by atoms with Crippen molar-refractivity contribution in [2.75, 3.05) is 26.2 Å². The molecule has 1 aromatic heterocycles. The first kappa shape index (κ1) is 22.7. The Bertz CT molecular complexity index is 928. The topological polar surface area (TPSA) is 45.7 Å². The number of amides is 1. The van der Waals surface area contributed by atoms with Crippen molar-refractivity contribution >= 4 is 5.91 Å². The van der Waals surface area contributed by atoms with E-state index in [0.29, 0.717) is 6.54 Å². The number of aromatic nitrogens is 1. The molecule has 0 radical (unpaired) electrons. The van der Waals surface area contributed by atoms with Gasteiger partial charge in [-0.3, -0.25) is 4.79 Å². The van der Waals surface area contributed by atoms with Crippen molar-refractivity contribution in [2.24, 2.45) is 0 Å². The number of benzene rings is 1. The van der Waals surface area contributed by atoms with Crippen LogP contribution >= 0.6 is 0 Å². The highest BCUT2D eigenvalue weighted by atomic mass is 19.4. The summed E-state index contributed by atoms with van der Waals surface area (Å²) in [7, 11) is 0. The molecule has 0 aliphatic carbocycles. The minimum atomic E-state index is -4.51. The molecular weight excluding hydrogens is 419 g/mol. The lowest BCUT2D eigenvalue weighted by Gasteiger charge is -2.49. The highest BCUT2D eigenvalue weighted by Crippen LogP contribution is 2.34. The quantitative estimate of drug-likeness (QED) is 0.697. The summed E-state index contributed by atoms with van der Waals surface area (Å²) in [6.07, 6.45) is -2.58. The number of pyridine rings is 1. The standard InChI is InChI=1S/C24H28F3N3O2/c1-18-22(31)30(16-20-8-5-9-21(28-20)24(25,26)27)17-23(32-18)11-14-29(15-12-23)13-10-19-6-3-2-4-7-19/h2-9,18H,10-17H2,1H3.